The molecule has 20 heavy (non-hydrogen) atoms. The van der Waals surface area contributed by atoms with Crippen LogP contribution in [0.25, 0.3) is 16.8 Å². The molecule has 1 aromatic carbocycles. The fourth-order valence-electron chi connectivity index (χ4n) is 1.99. The van der Waals surface area contributed by atoms with Crippen molar-refractivity contribution in [2.24, 2.45) is 0 Å². The molecule has 0 spiro atoms. The second kappa shape index (κ2) is 4.23. The van der Waals surface area contributed by atoms with Crippen molar-refractivity contribution in [2.75, 3.05) is 0 Å². The van der Waals surface area contributed by atoms with Crippen molar-refractivity contribution >= 4 is 11.6 Å². The third kappa shape index (κ3) is 1.64. The summed E-state index contributed by atoms with van der Waals surface area (Å²) in [6.45, 7) is 0. The number of rotatable bonds is 2. The predicted molar refractivity (Wildman–Crippen MR) is 69.9 cm³/mol. The molecular weight excluding hydrogens is 262 g/mol. The second-order valence-electron chi connectivity index (χ2n) is 4.13. The molecule has 0 aliphatic heterocycles. The van der Waals surface area contributed by atoms with E-state index in [0.717, 1.165) is 10.1 Å². The number of aromatic carboxylic acids is 1. The summed E-state index contributed by atoms with van der Waals surface area (Å²) >= 11 is 0. The maximum atomic E-state index is 11.9. The summed E-state index contributed by atoms with van der Waals surface area (Å²) in [5, 5.41) is 21.2. The fourth-order valence-corrected chi connectivity index (χ4v) is 1.99. The molecule has 0 atom stereocenters. The van der Waals surface area contributed by atoms with Gasteiger partial charge in [-0.05, 0) is 5.56 Å². The zero-order chi connectivity index (χ0) is 14.3. The van der Waals surface area contributed by atoms with Crippen molar-refractivity contribution in [3.05, 3.63) is 52.6 Å². The van der Waals surface area contributed by atoms with E-state index in [9.17, 15) is 14.7 Å². The summed E-state index contributed by atoms with van der Waals surface area (Å²) in [7, 11) is 0. The lowest BCUT2D eigenvalue weighted by Crippen LogP contribution is -2.18. The lowest BCUT2D eigenvalue weighted by molar-refractivity contribution is 0.0686. The number of carboxylic acids is 1. The number of nitrogens with zero attached hydrogens (tertiary/aromatic N) is 2. The van der Waals surface area contributed by atoms with Gasteiger partial charge in [0.1, 0.15) is 0 Å². The SMILES string of the molecule is O=C(O)c1nc2c(-c3ccccc3)c[nH]n2c(=O)c1O. The van der Waals surface area contributed by atoms with Gasteiger partial charge in [0.25, 0.3) is 0 Å². The van der Waals surface area contributed by atoms with Crippen LogP contribution in [0.15, 0.2) is 41.3 Å². The van der Waals surface area contributed by atoms with Gasteiger partial charge in [-0.15, -0.1) is 0 Å². The lowest BCUT2D eigenvalue weighted by Gasteiger charge is -2.01. The van der Waals surface area contributed by atoms with E-state index >= 15 is 0 Å². The summed E-state index contributed by atoms with van der Waals surface area (Å²) in [6, 6.07) is 9.09. The Labute approximate surface area is 111 Å². The molecule has 2 aromatic heterocycles. The normalized spacial score (nSPS) is 10.8. The van der Waals surface area contributed by atoms with Crippen LogP contribution < -0.4 is 5.56 Å². The van der Waals surface area contributed by atoms with Crippen LogP contribution in [0.4, 0.5) is 0 Å². The Balaban J connectivity index is 2.38. The largest absolute Gasteiger partial charge is 0.501 e. The molecule has 0 amide bonds. The Morgan fingerprint density at radius 2 is 1.95 bits per heavy atom. The smallest absolute Gasteiger partial charge is 0.358 e. The number of H-pyrrole nitrogens is 1. The molecule has 3 rings (SSSR count). The zero-order valence-electron chi connectivity index (χ0n) is 10.1. The first-order valence-electron chi connectivity index (χ1n) is 5.71. The van der Waals surface area contributed by atoms with Gasteiger partial charge in [-0.1, -0.05) is 30.3 Å². The van der Waals surface area contributed by atoms with E-state index in [1.54, 1.807) is 0 Å². The minimum atomic E-state index is -1.46. The Bertz CT molecular complexity index is 864. The van der Waals surface area contributed by atoms with Gasteiger partial charge in [-0.3, -0.25) is 9.89 Å². The van der Waals surface area contributed by atoms with Crippen molar-refractivity contribution in [1.82, 2.24) is 14.6 Å². The Morgan fingerprint density at radius 3 is 2.60 bits per heavy atom. The zero-order valence-corrected chi connectivity index (χ0v) is 10.1. The first-order valence-corrected chi connectivity index (χ1v) is 5.71. The van der Waals surface area contributed by atoms with Crippen LogP contribution >= 0.6 is 0 Å². The molecule has 3 aromatic rings. The van der Waals surface area contributed by atoms with Gasteiger partial charge in [0.15, 0.2) is 11.3 Å². The van der Waals surface area contributed by atoms with Gasteiger partial charge < -0.3 is 10.2 Å². The minimum absolute atomic E-state index is 0.149. The number of aromatic amines is 1. The maximum absolute atomic E-state index is 11.9. The number of benzene rings is 1. The topological polar surface area (TPSA) is 108 Å². The van der Waals surface area contributed by atoms with Crippen LogP contribution in [0.1, 0.15) is 10.5 Å². The molecule has 0 saturated heterocycles. The van der Waals surface area contributed by atoms with Crippen molar-refractivity contribution < 1.29 is 15.0 Å². The number of fused-ring (bicyclic) bond motifs is 1. The van der Waals surface area contributed by atoms with E-state index in [0.29, 0.717) is 5.56 Å². The average molecular weight is 271 g/mol. The number of carboxylic acid groups (broad SMARTS) is 1. The van der Waals surface area contributed by atoms with Crippen LogP contribution in [-0.2, 0) is 0 Å². The number of hydrogen-bond acceptors (Lipinski definition) is 4. The summed E-state index contributed by atoms with van der Waals surface area (Å²) < 4.78 is 1.00. The second-order valence-corrected chi connectivity index (χ2v) is 4.13. The lowest BCUT2D eigenvalue weighted by atomic mass is 10.1. The van der Waals surface area contributed by atoms with E-state index in [4.69, 9.17) is 5.11 Å². The number of aromatic hydroxyl groups is 1. The molecule has 0 bridgehead atoms. The number of aromatic nitrogens is 3. The first-order chi connectivity index (χ1) is 9.59. The highest BCUT2D eigenvalue weighted by Gasteiger charge is 2.20. The highest BCUT2D eigenvalue weighted by atomic mass is 16.4. The predicted octanol–water partition coefficient (Wildman–Crippen LogP) is 1.09. The van der Waals surface area contributed by atoms with Crippen molar-refractivity contribution in [1.29, 1.82) is 0 Å². The molecule has 0 radical (unpaired) electrons. The first kappa shape index (κ1) is 12.0. The van der Waals surface area contributed by atoms with E-state index in [2.05, 4.69) is 10.1 Å². The van der Waals surface area contributed by atoms with Crippen LogP contribution in [0.3, 0.4) is 0 Å². The summed E-state index contributed by atoms with van der Waals surface area (Å²) in [5.74, 6) is -2.35. The molecule has 2 heterocycles. The minimum Gasteiger partial charge on any atom is -0.501 e. The molecule has 7 nitrogen and oxygen atoms in total. The summed E-state index contributed by atoms with van der Waals surface area (Å²) in [6.07, 6.45) is 1.53. The van der Waals surface area contributed by atoms with Crippen molar-refractivity contribution in [3.8, 4) is 16.9 Å². The van der Waals surface area contributed by atoms with E-state index in [1.165, 1.54) is 6.20 Å². The molecule has 0 aliphatic rings. The van der Waals surface area contributed by atoms with Gasteiger partial charge in [0, 0.05) is 11.8 Å². The molecule has 0 fully saturated rings. The molecule has 0 unspecified atom stereocenters. The van der Waals surface area contributed by atoms with E-state index in [1.807, 2.05) is 30.3 Å². The third-order valence-corrected chi connectivity index (χ3v) is 2.93. The molecule has 7 heteroatoms. The van der Waals surface area contributed by atoms with E-state index in [-0.39, 0.29) is 5.65 Å². The Morgan fingerprint density at radius 1 is 1.25 bits per heavy atom. The van der Waals surface area contributed by atoms with Gasteiger partial charge in [-0.2, -0.15) is 4.52 Å². The third-order valence-electron chi connectivity index (χ3n) is 2.93. The maximum Gasteiger partial charge on any atom is 0.358 e. The fraction of sp³-hybridized carbons (Fsp3) is 0. The number of carbonyl (C=O) groups is 1. The Hall–Kier alpha value is -3.09. The van der Waals surface area contributed by atoms with Gasteiger partial charge in [0.2, 0.25) is 5.75 Å². The van der Waals surface area contributed by atoms with Crippen molar-refractivity contribution in [3.63, 3.8) is 0 Å². The highest BCUT2D eigenvalue weighted by molar-refractivity contribution is 5.90. The van der Waals surface area contributed by atoms with E-state index < -0.39 is 23.0 Å². The summed E-state index contributed by atoms with van der Waals surface area (Å²) in [5.41, 5.74) is -0.0110. The summed E-state index contributed by atoms with van der Waals surface area (Å²) in [4.78, 5) is 26.7. The number of nitrogens with one attached hydrogen (secondary N) is 1. The highest BCUT2D eigenvalue weighted by Crippen LogP contribution is 2.23. The number of hydrogen-bond donors (Lipinski definition) is 3. The molecule has 0 aliphatic carbocycles. The van der Waals surface area contributed by atoms with Crippen LogP contribution in [0.5, 0.6) is 5.75 Å². The van der Waals surface area contributed by atoms with Crippen molar-refractivity contribution in [2.45, 2.75) is 0 Å². The van der Waals surface area contributed by atoms with Gasteiger partial charge in [-0.25, -0.2) is 9.78 Å². The Kier molecular flexibility index (Phi) is 2.53. The molecule has 3 N–H and O–H groups in total. The van der Waals surface area contributed by atoms with Gasteiger partial charge >= 0.3 is 11.5 Å². The molecule has 100 valence electrons. The quantitative estimate of drug-likeness (QED) is 0.646. The van der Waals surface area contributed by atoms with Crippen LogP contribution in [0, 0.1) is 0 Å². The van der Waals surface area contributed by atoms with Crippen LogP contribution in [0.2, 0.25) is 0 Å². The average Bonchev–Trinajstić information content (AvgIpc) is 2.87. The standard InChI is InChI=1S/C13H9N3O4/c17-10-9(13(19)20)15-11-8(6-14-16(11)12(10)18)7-4-2-1-3-5-7/h1-6,14,17H,(H,19,20). The molecule has 0 saturated carbocycles. The monoisotopic (exact) mass is 271 g/mol. The van der Waals surface area contributed by atoms with Crippen LogP contribution in [-0.4, -0.2) is 30.8 Å². The van der Waals surface area contributed by atoms with Gasteiger partial charge in [0.05, 0.1) is 0 Å². The molecular formula is C13H9N3O4.